The molecule has 0 aromatic heterocycles. The monoisotopic (exact) mass is 414 g/mol. The molecule has 0 saturated carbocycles. The van der Waals surface area contributed by atoms with Gasteiger partial charge in [-0.05, 0) is 55.8 Å². The molecular weight excluding hydrogens is 396 g/mol. The third-order valence-corrected chi connectivity index (χ3v) is 5.91. The van der Waals surface area contributed by atoms with Crippen LogP contribution in [0.4, 0.5) is 11.4 Å². The van der Waals surface area contributed by atoms with E-state index in [-0.39, 0.29) is 21.2 Å². The highest BCUT2D eigenvalue weighted by atomic mass is 35.5. The van der Waals surface area contributed by atoms with Gasteiger partial charge in [0.2, 0.25) is 0 Å². The van der Waals surface area contributed by atoms with Gasteiger partial charge in [0.05, 0.1) is 15.5 Å². The smallest absolute Gasteiger partial charge is 0.261 e. The number of carbonyl (C=O) groups excluding carboxylic acids is 1. The summed E-state index contributed by atoms with van der Waals surface area (Å²) in [6, 6.07) is 18.3. The summed E-state index contributed by atoms with van der Waals surface area (Å²) in [6.07, 6.45) is 0. The van der Waals surface area contributed by atoms with Crippen LogP contribution in [0.25, 0.3) is 0 Å². The number of para-hydroxylation sites is 1. The van der Waals surface area contributed by atoms with Crippen LogP contribution in [-0.4, -0.2) is 14.3 Å². The Kier molecular flexibility index (Phi) is 5.72. The fourth-order valence-electron chi connectivity index (χ4n) is 2.60. The molecule has 0 aliphatic heterocycles. The lowest BCUT2D eigenvalue weighted by Gasteiger charge is -2.12. The van der Waals surface area contributed by atoms with E-state index in [0.717, 1.165) is 11.1 Å². The Morgan fingerprint density at radius 2 is 1.61 bits per heavy atom. The predicted octanol–water partition coefficient (Wildman–Crippen LogP) is 5.01. The normalized spacial score (nSPS) is 11.1. The van der Waals surface area contributed by atoms with E-state index in [1.54, 1.807) is 18.2 Å². The number of nitrogens with one attached hydrogen (secondary N) is 2. The van der Waals surface area contributed by atoms with E-state index in [1.807, 2.05) is 32.0 Å². The second kappa shape index (κ2) is 8.04. The lowest BCUT2D eigenvalue weighted by atomic mass is 10.1. The van der Waals surface area contributed by atoms with Gasteiger partial charge in [0, 0.05) is 11.4 Å². The molecule has 3 aromatic carbocycles. The first-order valence-corrected chi connectivity index (χ1v) is 10.4. The summed E-state index contributed by atoms with van der Waals surface area (Å²) in [7, 11) is -3.78. The second-order valence-corrected chi connectivity index (χ2v) is 8.47. The minimum Gasteiger partial charge on any atom is -0.322 e. The summed E-state index contributed by atoms with van der Waals surface area (Å²) in [5.74, 6) is -0.421. The van der Waals surface area contributed by atoms with Crippen LogP contribution in [0, 0.1) is 13.8 Å². The summed E-state index contributed by atoms with van der Waals surface area (Å²) in [5.41, 5.74) is 2.95. The maximum atomic E-state index is 12.6. The zero-order chi connectivity index (χ0) is 20.3. The third kappa shape index (κ3) is 4.52. The molecule has 0 fully saturated rings. The summed E-state index contributed by atoms with van der Waals surface area (Å²) >= 11 is 6.16. The number of hydrogen-bond donors (Lipinski definition) is 2. The predicted molar refractivity (Wildman–Crippen MR) is 113 cm³/mol. The van der Waals surface area contributed by atoms with Crippen LogP contribution in [0.1, 0.15) is 21.5 Å². The highest BCUT2D eigenvalue weighted by Gasteiger charge is 2.17. The van der Waals surface area contributed by atoms with E-state index in [1.165, 1.54) is 30.3 Å². The second-order valence-electron chi connectivity index (χ2n) is 6.38. The van der Waals surface area contributed by atoms with Crippen LogP contribution in [-0.2, 0) is 10.0 Å². The number of benzene rings is 3. The van der Waals surface area contributed by atoms with Gasteiger partial charge < -0.3 is 5.32 Å². The summed E-state index contributed by atoms with van der Waals surface area (Å²) < 4.78 is 27.6. The van der Waals surface area contributed by atoms with Gasteiger partial charge in [-0.1, -0.05) is 47.5 Å². The van der Waals surface area contributed by atoms with E-state index in [4.69, 9.17) is 11.6 Å². The van der Waals surface area contributed by atoms with Crippen LogP contribution in [0.2, 0.25) is 5.02 Å². The third-order valence-electron chi connectivity index (χ3n) is 4.19. The highest BCUT2D eigenvalue weighted by Crippen LogP contribution is 2.25. The summed E-state index contributed by atoms with van der Waals surface area (Å²) in [5, 5.41) is 3.02. The van der Waals surface area contributed by atoms with E-state index in [9.17, 15) is 13.2 Å². The average Bonchev–Trinajstić information content (AvgIpc) is 2.65. The number of rotatable bonds is 5. The Morgan fingerprint density at radius 1 is 0.929 bits per heavy atom. The van der Waals surface area contributed by atoms with Crippen molar-refractivity contribution >= 4 is 38.9 Å². The van der Waals surface area contributed by atoms with E-state index >= 15 is 0 Å². The molecule has 2 N–H and O–H groups in total. The molecule has 0 spiro atoms. The van der Waals surface area contributed by atoms with Crippen LogP contribution in [0.3, 0.4) is 0 Å². The fraction of sp³-hybridized carbons (Fsp3) is 0.0952. The van der Waals surface area contributed by atoms with Crippen molar-refractivity contribution in [1.29, 1.82) is 0 Å². The number of halogens is 1. The van der Waals surface area contributed by atoms with Gasteiger partial charge in [-0.25, -0.2) is 8.42 Å². The molecular formula is C21H19ClN2O3S. The van der Waals surface area contributed by atoms with Crippen LogP contribution in [0.15, 0.2) is 71.6 Å². The molecule has 3 aromatic rings. The van der Waals surface area contributed by atoms with Gasteiger partial charge >= 0.3 is 0 Å². The Hall–Kier alpha value is -2.83. The number of hydrogen-bond acceptors (Lipinski definition) is 3. The highest BCUT2D eigenvalue weighted by molar-refractivity contribution is 7.92. The molecule has 144 valence electrons. The molecule has 0 aliphatic carbocycles. The molecule has 7 heteroatoms. The first-order chi connectivity index (χ1) is 13.3. The number of amides is 1. The lowest BCUT2D eigenvalue weighted by molar-refractivity contribution is 0.102. The van der Waals surface area contributed by atoms with Crippen molar-refractivity contribution < 1.29 is 13.2 Å². The topological polar surface area (TPSA) is 75.3 Å². The molecule has 0 atom stereocenters. The fourth-order valence-corrected chi connectivity index (χ4v) is 3.85. The van der Waals surface area contributed by atoms with Crippen molar-refractivity contribution in [3.8, 4) is 0 Å². The van der Waals surface area contributed by atoms with Crippen molar-refractivity contribution in [1.82, 2.24) is 0 Å². The van der Waals surface area contributed by atoms with Crippen molar-refractivity contribution in [2.45, 2.75) is 18.7 Å². The van der Waals surface area contributed by atoms with Crippen molar-refractivity contribution in [2.24, 2.45) is 0 Å². The maximum Gasteiger partial charge on any atom is 0.261 e. The molecule has 0 radical (unpaired) electrons. The molecule has 3 rings (SSSR count). The Balaban J connectivity index is 1.86. The SMILES string of the molecule is Cc1ccc(S(=O)(=O)Nc2ccc(Cl)c(C(=O)Nc3ccccc3C)c2)cc1. The molecule has 0 aliphatic rings. The van der Waals surface area contributed by atoms with E-state index < -0.39 is 15.9 Å². The van der Waals surface area contributed by atoms with Gasteiger partial charge in [-0.3, -0.25) is 9.52 Å². The van der Waals surface area contributed by atoms with Crippen molar-refractivity contribution in [3.05, 3.63) is 88.4 Å². The Bertz CT molecular complexity index is 1130. The number of sulfonamides is 1. The molecule has 0 saturated heterocycles. The lowest BCUT2D eigenvalue weighted by Crippen LogP contribution is -2.16. The van der Waals surface area contributed by atoms with Crippen LogP contribution >= 0.6 is 11.6 Å². The number of aryl methyl sites for hydroxylation is 2. The van der Waals surface area contributed by atoms with Crippen molar-refractivity contribution in [2.75, 3.05) is 10.0 Å². The molecule has 1 amide bonds. The van der Waals surface area contributed by atoms with Gasteiger partial charge in [-0.15, -0.1) is 0 Å². The summed E-state index contributed by atoms with van der Waals surface area (Å²) in [4.78, 5) is 12.8. The minimum atomic E-state index is -3.78. The van der Waals surface area contributed by atoms with Crippen molar-refractivity contribution in [3.63, 3.8) is 0 Å². The maximum absolute atomic E-state index is 12.6. The largest absolute Gasteiger partial charge is 0.322 e. The quantitative estimate of drug-likeness (QED) is 0.616. The van der Waals surface area contributed by atoms with Crippen LogP contribution < -0.4 is 10.0 Å². The molecule has 28 heavy (non-hydrogen) atoms. The van der Waals surface area contributed by atoms with Gasteiger partial charge in [-0.2, -0.15) is 0 Å². The Labute approximate surface area is 169 Å². The van der Waals surface area contributed by atoms with E-state index in [0.29, 0.717) is 5.69 Å². The van der Waals surface area contributed by atoms with E-state index in [2.05, 4.69) is 10.0 Å². The molecule has 5 nitrogen and oxygen atoms in total. The standard InChI is InChI=1S/C21H19ClN2O3S/c1-14-7-10-17(11-8-14)28(26,27)24-16-9-12-19(22)18(13-16)21(25)23-20-6-4-3-5-15(20)2/h3-13,24H,1-2H3,(H,23,25). The van der Waals surface area contributed by atoms with Gasteiger partial charge in [0.1, 0.15) is 0 Å². The Morgan fingerprint density at radius 3 is 2.29 bits per heavy atom. The molecule has 0 bridgehead atoms. The first kappa shape index (κ1) is 19.9. The zero-order valence-electron chi connectivity index (χ0n) is 15.4. The molecule has 0 heterocycles. The van der Waals surface area contributed by atoms with Gasteiger partial charge in [0.25, 0.3) is 15.9 Å². The molecule has 0 unspecified atom stereocenters. The zero-order valence-corrected chi connectivity index (χ0v) is 16.9. The number of carbonyl (C=O) groups is 1. The summed E-state index contributed by atoms with van der Waals surface area (Å²) in [6.45, 7) is 3.76. The first-order valence-electron chi connectivity index (χ1n) is 8.52. The average molecular weight is 415 g/mol. The van der Waals surface area contributed by atoms with Gasteiger partial charge in [0.15, 0.2) is 0 Å². The minimum absolute atomic E-state index is 0.138. The van der Waals surface area contributed by atoms with Crippen LogP contribution in [0.5, 0.6) is 0 Å². The number of anilines is 2.